The first-order valence-electron chi connectivity index (χ1n) is 6.11. The van der Waals surface area contributed by atoms with Gasteiger partial charge in [-0.1, -0.05) is 25.4 Å². The van der Waals surface area contributed by atoms with Crippen molar-refractivity contribution in [1.82, 2.24) is 5.32 Å². The first-order chi connectivity index (χ1) is 9.38. The summed E-state index contributed by atoms with van der Waals surface area (Å²) in [6, 6.07) is 5.57. The van der Waals surface area contributed by atoms with Gasteiger partial charge in [-0.05, 0) is 30.2 Å². The number of hydrogen-bond acceptors (Lipinski definition) is 3. The second-order valence-corrected chi connectivity index (χ2v) is 5.26. The van der Waals surface area contributed by atoms with Crippen LogP contribution in [0.2, 0.25) is 5.02 Å². The van der Waals surface area contributed by atoms with E-state index in [-0.39, 0.29) is 11.7 Å². The number of benzene rings is 1. The van der Waals surface area contributed by atoms with Gasteiger partial charge in [-0.15, -0.1) is 0 Å². The molecule has 0 saturated carbocycles. The molecule has 1 atom stereocenters. The van der Waals surface area contributed by atoms with Crippen molar-refractivity contribution in [2.45, 2.75) is 19.9 Å². The quantitative estimate of drug-likeness (QED) is 0.909. The first-order valence-corrected chi connectivity index (χ1v) is 6.49. The van der Waals surface area contributed by atoms with E-state index in [1.165, 1.54) is 6.07 Å². The third-order valence-electron chi connectivity index (χ3n) is 2.92. The summed E-state index contributed by atoms with van der Waals surface area (Å²) in [6.07, 6.45) is 0. The number of carbonyl (C=O) groups is 2. The fourth-order valence-corrected chi connectivity index (χ4v) is 2.03. The van der Waals surface area contributed by atoms with Gasteiger partial charge in [0, 0.05) is 10.4 Å². The molecule has 0 unspecified atom stereocenters. The number of amides is 1. The van der Waals surface area contributed by atoms with Gasteiger partial charge in [0.15, 0.2) is 5.76 Å². The number of furan rings is 1. The zero-order chi connectivity index (χ0) is 14.9. The summed E-state index contributed by atoms with van der Waals surface area (Å²) < 4.78 is 5.38. The van der Waals surface area contributed by atoms with Crippen molar-refractivity contribution in [3.05, 3.63) is 35.0 Å². The van der Waals surface area contributed by atoms with Crippen LogP contribution in [0.1, 0.15) is 24.4 Å². The van der Waals surface area contributed by atoms with Gasteiger partial charge in [0.25, 0.3) is 5.91 Å². The van der Waals surface area contributed by atoms with E-state index in [9.17, 15) is 9.59 Å². The normalized spacial score (nSPS) is 12.6. The number of rotatable bonds is 4. The van der Waals surface area contributed by atoms with Gasteiger partial charge in [0.05, 0.1) is 0 Å². The molecular weight excluding hydrogens is 282 g/mol. The van der Waals surface area contributed by atoms with Crippen molar-refractivity contribution in [3.63, 3.8) is 0 Å². The van der Waals surface area contributed by atoms with E-state index in [4.69, 9.17) is 21.1 Å². The van der Waals surface area contributed by atoms with Crippen molar-refractivity contribution in [2.75, 3.05) is 0 Å². The molecule has 0 bridgehead atoms. The second kappa shape index (κ2) is 5.54. The number of carboxylic acids is 1. The Balaban J connectivity index is 2.25. The largest absolute Gasteiger partial charge is 0.480 e. The molecule has 2 rings (SSSR count). The average Bonchev–Trinajstić information content (AvgIpc) is 2.77. The van der Waals surface area contributed by atoms with E-state index in [0.29, 0.717) is 16.0 Å². The maximum absolute atomic E-state index is 12.0. The summed E-state index contributed by atoms with van der Waals surface area (Å²) in [6.45, 7) is 3.44. The Morgan fingerprint density at radius 3 is 2.60 bits per heavy atom. The van der Waals surface area contributed by atoms with Crippen LogP contribution in [0.5, 0.6) is 0 Å². The molecule has 0 saturated heterocycles. The molecule has 1 aromatic heterocycles. The number of hydrogen-bond donors (Lipinski definition) is 2. The van der Waals surface area contributed by atoms with Crippen LogP contribution >= 0.6 is 11.6 Å². The molecule has 2 aromatic rings. The number of aliphatic carboxylic acids is 1. The van der Waals surface area contributed by atoms with E-state index >= 15 is 0 Å². The standard InChI is InChI=1S/C14H14ClNO4/c1-7(2)12(14(18)19)16-13(17)11-6-8-5-9(15)3-4-10(8)20-11/h3-7,12H,1-2H3,(H,16,17)(H,18,19)/t12-/m0/s1. The van der Waals surface area contributed by atoms with Crippen molar-refractivity contribution < 1.29 is 19.1 Å². The van der Waals surface area contributed by atoms with E-state index in [1.807, 2.05) is 0 Å². The summed E-state index contributed by atoms with van der Waals surface area (Å²) in [7, 11) is 0. The molecule has 0 aliphatic heterocycles. The third kappa shape index (κ3) is 2.93. The molecule has 0 spiro atoms. The van der Waals surface area contributed by atoms with Gasteiger partial charge < -0.3 is 14.8 Å². The monoisotopic (exact) mass is 295 g/mol. The number of nitrogens with one attached hydrogen (secondary N) is 1. The Labute approximate surface area is 120 Å². The molecule has 106 valence electrons. The summed E-state index contributed by atoms with van der Waals surface area (Å²) in [5.41, 5.74) is 0.524. The van der Waals surface area contributed by atoms with E-state index in [1.54, 1.807) is 32.0 Å². The fourth-order valence-electron chi connectivity index (χ4n) is 1.85. The summed E-state index contributed by atoms with van der Waals surface area (Å²) in [5.74, 6) is -1.80. The molecular formula is C14H14ClNO4. The van der Waals surface area contributed by atoms with Gasteiger partial charge in [-0.2, -0.15) is 0 Å². The van der Waals surface area contributed by atoms with Crippen LogP contribution < -0.4 is 5.32 Å². The van der Waals surface area contributed by atoms with Crippen molar-refractivity contribution in [1.29, 1.82) is 0 Å². The van der Waals surface area contributed by atoms with Gasteiger partial charge in [0.1, 0.15) is 11.6 Å². The second-order valence-electron chi connectivity index (χ2n) is 4.83. The molecule has 2 N–H and O–H groups in total. The highest BCUT2D eigenvalue weighted by molar-refractivity contribution is 6.31. The highest BCUT2D eigenvalue weighted by Gasteiger charge is 2.25. The van der Waals surface area contributed by atoms with Crippen LogP contribution in [0.4, 0.5) is 0 Å². The molecule has 5 nitrogen and oxygen atoms in total. The Morgan fingerprint density at radius 1 is 1.30 bits per heavy atom. The lowest BCUT2D eigenvalue weighted by Gasteiger charge is -2.16. The van der Waals surface area contributed by atoms with E-state index in [2.05, 4.69) is 5.32 Å². The van der Waals surface area contributed by atoms with Crippen molar-refractivity contribution in [3.8, 4) is 0 Å². The van der Waals surface area contributed by atoms with Crippen LogP contribution in [-0.4, -0.2) is 23.0 Å². The Morgan fingerprint density at radius 2 is 2.00 bits per heavy atom. The minimum Gasteiger partial charge on any atom is -0.480 e. The van der Waals surface area contributed by atoms with Gasteiger partial charge >= 0.3 is 5.97 Å². The molecule has 1 amide bonds. The Hall–Kier alpha value is -2.01. The van der Waals surface area contributed by atoms with Crippen LogP contribution in [-0.2, 0) is 4.79 Å². The average molecular weight is 296 g/mol. The topological polar surface area (TPSA) is 79.5 Å². The minimum absolute atomic E-state index is 0.0640. The summed E-state index contributed by atoms with van der Waals surface area (Å²) in [4.78, 5) is 23.1. The predicted molar refractivity (Wildman–Crippen MR) is 75.0 cm³/mol. The minimum atomic E-state index is -1.08. The maximum Gasteiger partial charge on any atom is 0.326 e. The molecule has 1 aromatic carbocycles. The molecule has 6 heteroatoms. The predicted octanol–water partition coefficient (Wildman–Crippen LogP) is 2.93. The lowest BCUT2D eigenvalue weighted by Crippen LogP contribution is -2.44. The van der Waals surface area contributed by atoms with Crippen LogP contribution in [0.25, 0.3) is 11.0 Å². The number of carbonyl (C=O) groups excluding carboxylic acids is 1. The van der Waals surface area contributed by atoms with E-state index in [0.717, 1.165) is 0 Å². The molecule has 1 heterocycles. The molecule has 0 aliphatic carbocycles. The SMILES string of the molecule is CC(C)[C@H](NC(=O)c1cc2cc(Cl)ccc2o1)C(=O)O. The maximum atomic E-state index is 12.0. The van der Waals surface area contributed by atoms with Gasteiger partial charge in [-0.3, -0.25) is 4.79 Å². The van der Waals surface area contributed by atoms with Crippen molar-refractivity contribution >= 4 is 34.4 Å². The van der Waals surface area contributed by atoms with Crippen LogP contribution in [0.15, 0.2) is 28.7 Å². The lowest BCUT2D eigenvalue weighted by atomic mass is 10.0. The summed E-state index contributed by atoms with van der Waals surface area (Å²) in [5, 5.41) is 12.7. The zero-order valence-electron chi connectivity index (χ0n) is 11.0. The Bertz CT molecular complexity index is 662. The zero-order valence-corrected chi connectivity index (χ0v) is 11.8. The van der Waals surface area contributed by atoms with Crippen LogP contribution in [0, 0.1) is 5.92 Å². The number of carboxylic acid groups (broad SMARTS) is 1. The van der Waals surface area contributed by atoms with E-state index < -0.39 is 17.9 Å². The molecule has 0 aliphatic rings. The highest BCUT2D eigenvalue weighted by Crippen LogP contribution is 2.23. The molecule has 20 heavy (non-hydrogen) atoms. The number of halogens is 1. The fraction of sp³-hybridized carbons (Fsp3) is 0.286. The van der Waals surface area contributed by atoms with Gasteiger partial charge in [-0.25, -0.2) is 4.79 Å². The lowest BCUT2D eigenvalue weighted by molar-refractivity contribution is -0.140. The smallest absolute Gasteiger partial charge is 0.326 e. The number of fused-ring (bicyclic) bond motifs is 1. The molecule has 0 fully saturated rings. The Kier molecular flexibility index (Phi) is 3.99. The molecule has 0 radical (unpaired) electrons. The summed E-state index contributed by atoms with van der Waals surface area (Å²) >= 11 is 5.86. The van der Waals surface area contributed by atoms with Crippen molar-refractivity contribution in [2.24, 2.45) is 5.92 Å². The van der Waals surface area contributed by atoms with Gasteiger partial charge in [0.2, 0.25) is 0 Å². The van der Waals surface area contributed by atoms with Crippen LogP contribution in [0.3, 0.4) is 0 Å². The first kappa shape index (κ1) is 14.4. The third-order valence-corrected chi connectivity index (χ3v) is 3.16. The highest BCUT2D eigenvalue weighted by atomic mass is 35.5.